The molecule has 1 fully saturated rings. The van der Waals surface area contributed by atoms with E-state index in [9.17, 15) is 9.59 Å². The van der Waals surface area contributed by atoms with Gasteiger partial charge in [0.15, 0.2) is 0 Å². The van der Waals surface area contributed by atoms with Crippen molar-refractivity contribution in [3.63, 3.8) is 0 Å². The molecule has 6 nitrogen and oxygen atoms in total. The molecule has 7 heteroatoms. The zero-order chi connectivity index (χ0) is 21.6. The fourth-order valence-corrected chi connectivity index (χ4v) is 4.16. The van der Waals surface area contributed by atoms with Crippen LogP contribution in [-0.2, 0) is 29.0 Å². The quantitative estimate of drug-likeness (QED) is 0.612. The molecule has 0 spiro atoms. The van der Waals surface area contributed by atoms with Crippen molar-refractivity contribution in [3.05, 3.63) is 64.9 Å². The van der Waals surface area contributed by atoms with Crippen LogP contribution < -0.4 is 5.32 Å². The Balaban J connectivity index is 1.40. The normalized spacial score (nSPS) is 14.0. The van der Waals surface area contributed by atoms with Gasteiger partial charge in [-0.1, -0.05) is 35.9 Å². The Hall–Kier alpha value is -2.86. The Morgan fingerprint density at radius 2 is 1.74 bits per heavy atom. The summed E-state index contributed by atoms with van der Waals surface area (Å²) in [6.07, 6.45) is 4.21. The molecule has 31 heavy (non-hydrogen) atoms. The number of amides is 2. The number of piperidine rings is 1. The molecule has 1 aromatic heterocycles. The van der Waals surface area contributed by atoms with Crippen LogP contribution in [0.25, 0.3) is 11.0 Å². The molecule has 1 aliphatic rings. The number of rotatable bonds is 7. The van der Waals surface area contributed by atoms with Crippen molar-refractivity contribution < 1.29 is 9.59 Å². The van der Waals surface area contributed by atoms with E-state index in [1.54, 1.807) is 12.1 Å². The molecule has 162 valence electrons. The monoisotopic (exact) mass is 438 g/mol. The van der Waals surface area contributed by atoms with Gasteiger partial charge < -0.3 is 14.8 Å². The number of benzene rings is 2. The smallest absolute Gasteiger partial charge is 0.242 e. The molecule has 2 aromatic carbocycles. The van der Waals surface area contributed by atoms with Gasteiger partial charge in [0.2, 0.25) is 11.8 Å². The summed E-state index contributed by atoms with van der Waals surface area (Å²) in [5.74, 6) is 0.906. The molecule has 1 aliphatic heterocycles. The number of imidazole rings is 1. The number of carbonyl (C=O) groups is 2. The van der Waals surface area contributed by atoms with Crippen LogP contribution in [0.4, 0.5) is 0 Å². The Bertz CT molecular complexity index is 1060. The van der Waals surface area contributed by atoms with E-state index in [2.05, 4.69) is 5.32 Å². The van der Waals surface area contributed by atoms with Crippen molar-refractivity contribution in [2.24, 2.45) is 0 Å². The zero-order valence-electron chi connectivity index (χ0n) is 17.5. The first kappa shape index (κ1) is 21.4. The van der Waals surface area contributed by atoms with Crippen LogP contribution in [-0.4, -0.2) is 45.9 Å². The highest BCUT2D eigenvalue weighted by molar-refractivity contribution is 6.30. The molecule has 0 aliphatic carbocycles. The van der Waals surface area contributed by atoms with Gasteiger partial charge in [-0.3, -0.25) is 9.59 Å². The molecule has 1 saturated heterocycles. The number of hydrogen-bond acceptors (Lipinski definition) is 3. The first-order valence-electron chi connectivity index (χ1n) is 10.8. The van der Waals surface area contributed by atoms with Crippen LogP contribution >= 0.6 is 11.6 Å². The second-order valence-electron chi connectivity index (χ2n) is 7.95. The number of nitrogens with zero attached hydrogens (tertiary/aromatic N) is 3. The standard InChI is InChI=1S/C24H27ClN4O2/c25-19-10-8-18(9-11-19)16-23(30)26-13-12-22-27-20-6-2-3-7-21(20)29(22)17-24(31)28-14-4-1-5-15-28/h2-3,6-11H,1,4-5,12-17H2,(H,26,30). The summed E-state index contributed by atoms with van der Waals surface area (Å²) in [5, 5.41) is 3.62. The van der Waals surface area contributed by atoms with E-state index in [-0.39, 0.29) is 18.4 Å². The van der Waals surface area contributed by atoms with E-state index in [0.717, 1.165) is 48.4 Å². The number of fused-ring (bicyclic) bond motifs is 1. The minimum atomic E-state index is -0.0469. The topological polar surface area (TPSA) is 67.2 Å². The summed E-state index contributed by atoms with van der Waals surface area (Å²) in [7, 11) is 0. The highest BCUT2D eigenvalue weighted by atomic mass is 35.5. The molecule has 0 radical (unpaired) electrons. The predicted molar refractivity (Wildman–Crippen MR) is 122 cm³/mol. The van der Waals surface area contributed by atoms with Crippen LogP contribution in [0.5, 0.6) is 0 Å². The van der Waals surface area contributed by atoms with Crippen molar-refractivity contribution in [1.29, 1.82) is 0 Å². The van der Waals surface area contributed by atoms with Gasteiger partial charge in [0, 0.05) is 31.1 Å². The van der Waals surface area contributed by atoms with E-state index in [1.165, 1.54) is 6.42 Å². The van der Waals surface area contributed by atoms with Gasteiger partial charge in [-0.15, -0.1) is 0 Å². The second-order valence-corrected chi connectivity index (χ2v) is 8.38. The number of likely N-dealkylation sites (tertiary alicyclic amines) is 1. The number of halogens is 1. The van der Waals surface area contributed by atoms with E-state index in [4.69, 9.17) is 16.6 Å². The summed E-state index contributed by atoms with van der Waals surface area (Å²) in [4.78, 5) is 31.8. The lowest BCUT2D eigenvalue weighted by molar-refractivity contribution is -0.132. The van der Waals surface area contributed by atoms with Gasteiger partial charge in [0.1, 0.15) is 12.4 Å². The average molecular weight is 439 g/mol. The lowest BCUT2D eigenvalue weighted by Gasteiger charge is -2.27. The van der Waals surface area contributed by atoms with Gasteiger partial charge >= 0.3 is 0 Å². The number of nitrogens with one attached hydrogen (secondary N) is 1. The van der Waals surface area contributed by atoms with E-state index in [1.807, 2.05) is 45.9 Å². The fraction of sp³-hybridized carbons (Fsp3) is 0.375. The van der Waals surface area contributed by atoms with Crippen LogP contribution in [0.1, 0.15) is 30.7 Å². The van der Waals surface area contributed by atoms with Gasteiger partial charge in [-0.25, -0.2) is 4.98 Å². The van der Waals surface area contributed by atoms with Crippen LogP contribution in [0.15, 0.2) is 48.5 Å². The summed E-state index contributed by atoms with van der Waals surface area (Å²) in [6, 6.07) is 15.1. The molecule has 0 saturated carbocycles. The number of hydrogen-bond donors (Lipinski definition) is 1. The molecule has 0 unspecified atom stereocenters. The van der Waals surface area contributed by atoms with Gasteiger partial charge in [-0.05, 0) is 49.1 Å². The third-order valence-corrected chi connectivity index (χ3v) is 5.94. The van der Waals surface area contributed by atoms with Gasteiger partial charge in [-0.2, -0.15) is 0 Å². The lowest BCUT2D eigenvalue weighted by Crippen LogP contribution is -2.38. The number of carbonyl (C=O) groups excluding carboxylic acids is 2. The Morgan fingerprint density at radius 1 is 1.00 bits per heavy atom. The largest absolute Gasteiger partial charge is 0.355 e. The van der Waals surface area contributed by atoms with Gasteiger partial charge in [0.25, 0.3) is 0 Å². The molecule has 4 rings (SSSR count). The summed E-state index contributed by atoms with van der Waals surface area (Å²) < 4.78 is 2.00. The molecule has 1 N–H and O–H groups in total. The average Bonchev–Trinajstić information content (AvgIpc) is 3.13. The van der Waals surface area contributed by atoms with E-state index < -0.39 is 0 Å². The van der Waals surface area contributed by atoms with Crippen molar-refractivity contribution in [3.8, 4) is 0 Å². The maximum atomic E-state index is 12.9. The van der Waals surface area contributed by atoms with Crippen molar-refractivity contribution >= 4 is 34.4 Å². The Labute approximate surface area is 187 Å². The van der Waals surface area contributed by atoms with Crippen LogP contribution in [0.2, 0.25) is 5.02 Å². The Morgan fingerprint density at radius 3 is 2.52 bits per heavy atom. The highest BCUT2D eigenvalue weighted by Crippen LogP contribution is 2.18. The minimum Gasteiger partial charge on any atom is -0.355 e. The molecule has 0 atom stereocenters. The lowest BCUT2D eigenvalue weighted by atomic mass is 10.1. The summed E-state index contributed by atoms with van der Waals surface area (Å²) in [6.45, 7) is 2.42. The fourth-order valence-electron chi connectivity index (χ4n) is 4.04. The molecule has 2 amide bonds. The molecule has 2 heterocycles. The first-order valence-corrected chi connectivity index (χ1v) is 11.2. The maximum absolute atomic E-state index is 12.9. The predicted octanol–water partition coefficient (Wildman–Crippen LogP) is 3.60. The van der Waals surface area contributed by atoms with Crippen molar-refractivity contribution in [2.75, 3.05) is 19.6 Å². The van der Waals surface area contributed by atoms with E-state index >= 15 is 0 Å². The van der Waals surface area contributed by atoms with E-state index in [0.29, 0.717) is 24.4 Å². The molecular weight excluding hydrogens is 412 g/mol. The summed E-state index contributed by atoms with van der Waals surface area (Å²) >= 11 is 5.90. The molecular formula is C24H27ClN4O2. The van der Waals surface area contributed by atoms with Gasteiger partial charge in [0.05, 0.1) is 17.5 Å². The second kappa shape index (κ2) is 9.96. The van der Waals surface area contributed by atoms with Crippen LogP contribution in [0.3, 0.4) is 0 Å². The Kier molecular flexibility index (Phi) is 6.87. The molecule has 0 bridgehead atoms. The third-order valence-electron chi connectivity index (χ3n) is 5.68. The number of para-hydroxylation sites is 2. The molecule has 3 aromatic rings. The van der Waals surface area contributed by atoms with Crippen LogP contribution in [0, 0.1) is 0 Å². The SMILES string of the molecule is O=C(Cc1ccc(Cl)cc1)NCCc1nc2ccccc2n1CC(=O)N1CCCCC1. The third kappa shape index (κ3) is 5.44. The van der Waals surface area contributed by atoms with Crippen molar-refractivity contribution in [2.45, 2.75) is 38.6 Å². The first-order chi connectivity index (χ1) is 15.1. The summed E-state index contributed by atoms with van der Waals surface area (Å²) in [5.41, 5.74) is 2.74. The highest BCUT2D eigenvalue weighted by Gasteiger charge is 2.20. The maximum Gasteiger partial charge on any atom is 0.242 e. The zero-order valence-corrected chi connectivity index (χ0v) is 18.3. The number of aromatic nitrogens is 2. The minimum absolute atomic E-state index is 0.0469. The van der Waals surface area contributed by atoms with Crippen molar-refractivity contribution in [1.82, 2.24) is 19.8 Å².